The van der Waals surface area contributed by atoms with Crippen LogP contribution < -0.4 is 5.73 Å². The van der Waals surface area contributed by atoms with Crippen molar-refractivity contribution in [2.75, 3.05) is 6.54 Å². The number of nitrogens with two attached hydrogens (primary N) is 1. The standard InChI is InChI=1S/C16H15FN6.ClH/c1-22-14(3-5-21-22)13-6-11(8-19)7-15-16(13)20-10-23(15)9-12(17)2-4-18;/h2-3,5-7,10H,4,9,18H2,1H3;1H. The molecule has 24 heavy (non-hydrogen) atoms. The summed E-state index contributed by atoms with van der Waals surface area (Å²) in [5.41, 5.74) is 8.85. The van der Waals surface area contributed by atoms with Crippen LogP contribution in [-0.4, -0.2) is 25.9 Å². The van der Waals surface area contributed by atoms with Crippen LogP contribution in [0.5, 0.6) is 0 Å². The molecule has 0 bridgehead atoms. The van der Waals surface area contributed by atoms with Crippen molar-refractivity contribution >= 4 is 23.4 Å². The molecule has 0 spiro atoms. The third-order valence-electron chi connectivity index (χ3n) is 3.61. The molecule has 6 nitrogen and oxygen atoms in total. The van der Waals surface area contributed by atoms with Gasteiger partial charge in [-0.25, -0.2) is 9.37 Å². The zero-order valence-electron chi connectivity index (χ0n) is 13.0. The normalized spacial score (nSPS) is 11.3. The number of aromatic nitrogens is 4. The van der Waals surface area contributed by atoms with E-state index < -0.39 is 0 Å². The minimum absolute atomic E-state index is 0. The lowest BCUT2D eigenvalue weighted by Gasteiger charge is -2.07. The minimum Gasteiger partial charge on any atom is -0.327 e. The number of hydrogen-bond donors (Lipinski definition) is 1. The Labute approximate surface area is 144 Å². The van der Waals surface area contributed by atoms with Crippen molar-refractivity contribution in [3.05, 3.63) is 48.2 Å². The summed E-state index contributed by atoms with van der Waals surface area (Å²) in [5, 5.41) is 13.4. The van der Waals surface area contributed by atoms with Crippen molar-refractivity contribution in [1.82, 2.24) is 19.3 Å². The number of hydrogen-bond acceptors (Lipinski definition) is 4. The molecule has 0 atom stereocenters. The molecule has 124 valence electrons. The first kappa shape index (κ1) is 17.7. The number of nitriles is 1. The third-order valence-corrected chi connectivity index (χ3v) is 3.61. The van der Waals surface area contributed by atoms with Crippen LogP contribution in [0.2, 0.25) is 0 Å². The van der Waals surface area contributed by atoms with Crippen LogP contribution in [0.25, 0.3) is 22.3 Å². The predicted molar refractivity (Wildman–Crippen MR) is 92.1 cm³/mol. The lowest BCUT2D eigenvalue weighted by atomic mass is 10.1. The second kappa shape index (κ2) is 7.25. The molecular formula is C16H16ClFN6. The fraction of sp³-hybridized carbons (Fsp3) is 0.188. The Kier molecular flexibility index (Phi) is 5.34. The summed E-state index contributed by atoms with van der Waals surface area (Å²) in [6, 6.07) is 7.46. The second-order valence-corrected chi connectivity index (χ2v) is 5.10. The van der Waals surface area contributed by atoms with E-state index >= 15 is 0 Å². The van der Waals surface area contributed by atoms with Crippen molar-refractivity contribution in [2.24, 2.45) is 12.8 Å². The molecule has 1 aromatic carbocycles. The zero-order chi connectivity index (χ0) is 16.4. The van der Waals surface area contributed by atoms with Gasteiger partial charge in [0.25, 0.3) is 0 Å². The first-order chi connectivity index (χ1) is 11.1. The largest absolute Gasteiger partial charge is 0.327 e. The number of fused-ring (bicyclic) bond motifs is 1. The number of benzene rings is 1. The first-order valence-corrected chi connectivity index (χ1v) is 7.06. The van der Waals surface area contributed by atoms with Gasteiger partial charge in [0.05, 0.1) is 41.2 Å². The third kappa shape index (κ3) is 3.15. The zero-order valence-corrected chi connectivity index (χ0v) is 13.8. The van der Waals surface area contributed by atoms with Crippen molar-refractivity contribution in [3.63, 3.8) is 0 Å². The lowest BCUT2D eigenvalue weighted by molar-refractivity contribution is 0.558. The van der Waals surface area contributed by atoms with Gasteiger partial charge in [0.15, 0.2) is 0 Å². The van der Waals surface area contributed by atoms with E-state index in [1.807, 2.05) is 13.1 Å². The van der Waals surface area contributed by atoms with Gasteiger partial charge in [-0.05, 0) is 24.3 Å². The monoisotopic (exact) mass is 346 g/mol. The van der Waals surface area contributed by atoms with Crippen LogP contribution in [0.1, 0.15) is 5.56 Å². The lowest BCUT2D eigenvalue weighted by Crippen LogP contribution is -2.01. The molecule has 0 aliphatic rings. The highest BCUT2D eigenvalue weighted by atomic mass is 35.5. The molecule has 3 aromatic rings. The molecule has 0 aliphatic heterocycles. The SMILES string of the molecule is Cl.Cn1nccc1-c1cc(C#N)cc2c1ncn2CC(F)=CCN. The Bertz CT molecular complexity index is 934. The van der Waals surface area contributed by atoms with Gasteiger partial charge in [-0.1, -0.05) is 0 Å². The maximum atomic E-state index is 13.8. The van der Waals surface area contributed by atoms with E-state index in [1.54, 1.807) is 33.9 Å². The van der Waals surface area contributed by atoms with E-state index in [4.69, 9.17) is 5.73 Å². The van der Waals surface area contributed by atoms with E-state index in [9.17, 15) is 9.65 Å². The summed E-state index contributed by atoms with van der Waals surface area (Å²) in [4.78, 5) is 4.39. The molecule has 3 rings (SSSR count). The maximum Gasteiger partial charge on any atom is 0.117 e. The van der Waals surface area contributed by atoms with Crippen LogP contribution in [0.15, 0.2) is 42.6 Å². The van der Waals surface area contributed by atoms with Crippen LogP contribution in [0, 0.1) is 11.3 Å². The summed E-state index contributed by atoms with van der Waals surface area (Å²) in [6.07, 6.45) is 4.57. The predicted octanol–water partition coefficient (Wildman–Crippen LogP) is 2.54. The van der Waals surface area contributed by atoms with E-state index in [1.165, 1.54) is 6.08 Å². The van der Waals surface area contributed by atoms with Gasteiger partial charge in [-0.15, -0.1) is 12.4 Å². The molecular weight excluding hydrogens is 331 g/mol. The molecule has 0 amide bonds. The van der Waals surface area contributed by atoms with E-state index in [2.05, 4.69) is 16.2 Å². The van der Waals surface area contributed by atoms with Gasteiger partial charge in [-0.2, -0.15) is 10.4 Å². The number of aryl methyl sites for hydroxylation is 1. The van der Waals surface area contributed by atoms with Crippen LogP contribution in [0.4, 0.5) is 4.39 Å². The number of allylic oxidation sites excluding steroid dienone is 1. The van der Waals surface area contributed by atoms with E-state index in [0.717, 1.165) is 11.3 Å². The van der Waals surface area contributed by atoms with Crippen LogP contribution in [0.3, 0.4) is 0 Å². The molecule has 0 aliphatic carbocycles. The molecule has 0 fully saturated rings. The Morgan fingerprint density at radius 2 is 2.25 bits per heavy atom. The highest BCUT2D eigenvalue weighted by Gasteiger charge is 2.14. The van der Waals surface area contributed by atoms with Gasteiger partial charge in [0.2, 0.25) is 0 Å². The highest BCUT2D eigenvalue weighted by molar-refractivity contribution is 5.92. The Morgan fingerprint density at radius 1 is 1.46 bits per heavy atom. The Balaban J connectivity index is 0.00000208. The average Bonchev–Trinajstić information content (AvgIpc) is 3.13. The smallest absolute Gasteiger partial charge is 0.117 e. The van der Waals surface area contributed by atoms with Gasteiger partial charge in [0.1, 0.15) is 5.83 Å². The van der Waals surface area contributed by atoms with Crippen molar-refractivity contribution < 1.29 is 4.39 Å². The molecule has 0 saturated carbocycles. The van der Waals surface area contributed by atoms with Crippen LogP contribution >= 0.6 is 12.4 Å². The molecule has 0 saturated heterocycles. The summed E-state index contributed by atoms with van der Waals surface area (Å²) >= 11 is 0. The number of rotatable bonds is 4. The molecule has 8 heteroatoms. The van der Waals surface area contributed by atoms with Gasteiger partial charge < -0.3 is 10.3 Å². The number of halogens is 2. The van der Waals surface area contributed by atoms with Gasteiger partial charge in [-0.3, -0.25) is 4.68 Å². The van der Waals surface area contributed by atoms with Gasteiger partial charge >= 0.3 is 0 Å². The van der Waals surface area contributed by atoms with Crippen molar-refractivity contribution in [2.45, 2.75) is 6.54 Å². The van der Waals surface area contributed by atoms with Gasteiger partial charge in [0, 0.05) is 25.4 Å². The highest BCUT2D eigenvalue weighted by Crippen LogP contribution is 2.29. The summed E-state index contributed by atoms with van der Waals surface area (Å²) < 4.78 is 17.1. The fourth-order valence-electron chi connectivity index (χ4n) is 2.54. The fourth-order valence-corrected chi connectivity index (χ4v) is 2.54. The summed E-state index contributed by atoms with van der Waals surface area (Å²) in [5.74, 6) is -0.337. The molecule has 2 heterocycles. The number of imidazole rings is 1. The minimum atomic E-state index is -0.337. The molecule has 2 aromatic heterocycles. The summed E-state index contributed by atoms with van der Waals surface area (Å²) in [6.45, 7) is 0.176. The average molecular weight is 347 g/mol. The van der Waals surface area contributed by atoms with Crippen molar-refractivity contribution in [1.29, 1.82) is 5.26 Å². The maximum absolute atomic E-state index is 13.8. The molecule has 0 radical (unpaired) electrons. The van der Waals surface area contributed by atoms with Crippen LogP contribution in [-0.2, 0) is 13.6 Å². The van der Waals surface area contributed by atoms with E-state index in [0.29, 0.717) is 16.6 Å². The quantitative estimate of drug-likeness (QED) is 0.786. The Hall–Kier alpha value is -2.69. The molecule has 0 unspecified atom stereocenters. The first-order valence-electron chi connectivity index (χ1n) is 7.06. The molecule has 2 N–H and O–H groups in total. The van der Waals surface area contributed by atoms with Crippen molar-refractivity contribution in [3.8, 4) is 17.3 Å². The number of nitrogens with zero attached hydrogens (tertiary/aromatic N) is 5. The van der Waals surface area contributed by atoms with E-state index in [-0.39, 0.29) is 31.3 Å². The second-order valence-electron chi connectivity index (χ2n) is 5.10. The topological polar surface area (TPSA) is 85.5 Å². The summed E-state index contributed by atoms with van der Waals surface area (Å²) in [7, 11) is 1.82. The Morgan fingerprint density at radius 3 is 2.88 bits per heavy atom.